The molecule has 1 aliphatic carbocycles. The van der Waals surface area contributed by atoms with Crippen molar-refractivity contribution in [2.75, 3.05) is 5.32 Å². The molecule has 2 amide bonds. The molecule has 22 heavy (non-hydrogen) atoms. The summed E-state index contributed by atoms with van der Waals surface area (Å²) >= 11 is 0. The van der Waals surface area contributed by atoms with Crippen LogP contribution in [0.25, 0.3) is 0 Å². The molecule has 0 radical (unpaired) electrons. The van der Waals surface area contributed by atoms with Gasteiger partial charge in [-0.25, -0.2) is 0 Å². The molecule has 0 unspecified atom stereocenters. The zero-order valence-corrected chi connectivity index (χ0v) is 13.3. The summed E-state index contributed by atoms with van der Waals surface area (Å²) in [6.07, 6.45) is 5.00. The molecule has 1 aromatic rings. The van der Waals surface area contributed by atoms with Crippen LogP contribution in [0.2, 0.25) is 0 Å². The average molecular weight is 304 g/mol. The lowest BCUT2D eigenvalue weighted by Gasteiger charge is -2.28. The number of quaternary nitrogens is 1. The lowest BCUT2D eigenvalue weighted by atomic mass is 9.85. The zero-order chi connectivity index (χ0) is 16.1. The van der Waals surface area contributed by atoms with E-state index in [2.05, 4.69) is 17.6 Å². The first-order chi connectivity index (χ1) is 10.5. The second kappa shape index (κ2) is 7.40. The molecule has 5 N–H and O–H groups in total. The van der Waals surface area contributed by atoms with Gasteiger partial charge in [0.2, 0.25) is 5.91 Å². The highest BCUT2D eigenvalue weighted by Crippen LogP contribution is 2.21. The van der Waals surface area contributed by atoms with Gasteiger partial charge in [0.25, 0.3) is 5.91 Å². The minimum atomic E-state index is -0.467. The number of amides is 2. The largest absolute Gasteiger partial charge is 0.366 e. The molecule has 1 aliphatic rings. The van der Waals surface area contributed by atoms with Crippen molar-refractivity contribution in [1.82, 2.24) is 0 Å². The van der Waals surface area contributed by atoms with Gasteiger partial charge < -0.3 is 16.4 Å². The second-order valence-corrected chi connectivity index (χ2v) is 6.34. The highest BCUT2D eigenvalue weighted by atomic mass is 16.2. The smallest absolute Gasteiger partial charge is 0.282 e. The molecular weight excluding hydrogens is 278 g/mol. The molecule has 1 saturated carbocycles. The van der Waals surface area contributed by atoms with Crippen molar-refractivity contribution >= 4 is 17.5 Å². The normalized spacial score (nSPS) is 22.8. The first-order valence-corrected chi connectivity index (χ1v) is 8.03. The van der Waals surface area contributed by atoms with E-state index in [4.69, 9.17) is 5.73 Å². The fraction of sp³-hybridized carbons (Fsp3) is 0.529. The summed E-state index contributed by atoms with van der Waals surface area (Å²) in [5.41, 5.74) is 6.32. The third-order valence-electron chi connectivity index (χ3n) is 4.56. The number of nitrogens with one attached hydrogen (secondary N) is 1. The van der Waals surface area contributed by atoms with Gasteiger partial charge in [0, 0.05) is 17.2 Å². The van der Waals surface area contributed by atoms with Gasteiger partial charge >= 0.3 is 0 Å². The predicted molar refractivity (Wildman–Crippen MR) is 86.4 cm³/mol. The van der Waals surface area contributed by atoms with E-state index in [0.29, 0.717) is 23.2 Å². The van der Waals surface area contributed by atoms with Gasteiger partial charge in [-0.15, -0.1) is 0 Å². The van der Waals surface area contributed by atoms with Crippen LogP contribution in [-0.2, 0) is 4.79 Å². The Balaban J connectivity index is 1.89. The molecule has 0 heterocycles. The number of hydrogen-bond acceptors (Lipinski definition) is 2. The highest BCUT2D eigenvalue weighted by molar-refractivity contribution is 5.95. The van der Waals surface area contributed by atoms with Crippen molar-refractivity contribution < 1.29 is 14.9 Å². The van der Waals surface area contributed by atoms with Crippen LogP contribution in [-0.4, -0.2) is 23.9 Å². The molecule has 5 nitrogen and oxygen atoms in total. The van der Waals surface area contributed by atoms with E-state index in [1.807, 2.05) is 6.92 Å². The minimum Gasteiger partial charge on any atom is -0.366 e. The number of anilines is 1. The Morgan fingerprint density at radius 2 is 1.86 bits per heavy atom. The number of hydrogen-bond donors (Lipinski definition) is 3. The van der Waals surface area contributed by atoms with Gasteiger partial charge in [0.05, 0.1) is 6.04 Å². The predicted octanol–water partition coefficient (Wildman–Crippen LogP) is 1.25. The van der Waals surface area contributed by atoms with Crippen molar-refractivity contribution in [3.05, 3.63) is 29.8 Å². The fourth-order valence-electron chi connectivity index (χ4n) is 3.06. The van der Waals surface area contributed by atoms with Crippen molar-refractivity contribution in [2.45, 2.75) is 51.6 Å². The van der Waals surface area contributed by atoms with Crippen molar-refractivity contribution in [2.24, 2.45) is 11.7 Å². The third-order valence-corrected chi connectivity index (χ3v) is 4.56. The standard InChI is InChI=1S/C17H25N3O2/c1-11-5-3-4-6-15(11)19-12(2)17(22)20-14-9-7-13(8-10-14)16(18)21/h7-12,15,19H,3-6H2,1-2H3,(H2,18,21)(H,20,22)/p+1/t11-,12+,15+/m1/s1. The van der Waals surface area contributed by atoms with Crippen LogP contribution in [0.1, 0.15) is 49.9 Å². The van der Waals surface area contributed by atoms with E-state index < -0.39 is 5.91 Å². The van der Waals surface area contributed by atoms with Crippen LogP contribution in [0, 0.1) is 5.92 Å². The van der Waals surface area contributed by atoms with Gasteiger partial charge in [-0.05, 0) is 50.5 Å². The lowest BCUT2D eigenvalue weighted by Crippen LogP contribution is -2.97. The minimum absolute atomic E-state index is 0.00963. The van der Waals surface area contributed by atoms with Crippen molar-refractivity contribution in [3.8, 4) is 0 Å². The highest BCUT2D eigenvalue weighted by Gasteiger charge is 2.28. The summed E-state index contributed by atoms with van der Waals surface area (Å²) < 4.78 is 0. The Morgan fingerprint density at radius 3 is 2.45 bits per heavy atom. The summed E-state index contributed by atoms with van der Waals surface area (Å²) in [5, 5.41) is 5.08. The van der Waals surface area contributed by atoms with Gasteiger partial charge in [0.15, 0.2) is 6.04 Å². The molecule has 2 rings (SSSR count). The van der Waals surface area contributed by atoms with E-state index in [-0.39, 0.29) is 11.9 Å². The molecule has 120 valence electrons. The molecule has 1 fully saturated rings. The summed E-state index contributed by atoms with van der Waals surface area (Å²) in [4.78, 5) is 23.3. The van der Waals surface area contributed by atoms with E-state index in [0.717, 1.165) is 0 Å². The molecule has 1 aromatic carbocycles. The molecule has 0 aliphatic heterocycles. The number of benzene rings is 1. The van der Waals surface area contributed by atoms with Crippen molar-refractivity contribution in [3.63, 3.8) is 0 Å². The summed E-state index contributed by atoms with van der Waals surface area (Å²) in [6, 6.07) is 7.06. The average Bonchev–Trinajstić information content (AvgIpc) is 2.50. The van der Waals surface area contributed by atoms with Gasteiger partial charge in [-0.2, -0.15) is 0 Å². The summed E-state index contributed by atoms with van der Waals surface area (Å²) in [7, 11) is 0. The number of nitrogens with two attached hydrogens (primary N) is 2. The van der Waals surface area contributed by atoms with Crippen LogP contribution >= 0.6 is 0 Å². The topological polar surface area (TPSA) is 88.8 Å². The first-order valence-electron chi connectivity index (χ1n) is 8.03. The molecule has 0 bridgehead atoms. The molecule has 3 atom stereocenters. The van der Waals surface area contributed by atoms with Crippen molar-refractivity contribution in [1.29, 1.82) is 0 Å². The molecular formula is C17H26N3O2+. The summed E-state index contributed by atoms with van der Waals surface area (Å²) in [6.45, 7) is 4.21. The van der Waals surface area contributed by atoms with Gasteiger partial charge in [-0.1, -0.05) is 13.3 Å². The molecule has 0 spiro atoms. The van der Waals surface area contributed by atoms with E-state index in [1.54, 1.807) is 24.3 Å². The Morgan fingerprint density at radius 1 is 1.23 bits per heavy atom. The molecule has 5 heteroatoms. The van der Waals surface area contributed by atoms with E-state index in [1.165, 1.54) is 25.7 Å². The van der Waals surface area contributed by atoms with E-state index in [9.17, 15) is 9.59 Å². The Kier molecular flexibility index (Phi) is 5.55. The summed E-state index contributed by atoms with van der Waals surface area (Å²) in [5.74, 6) is 0.189. The molecule has 0 saturated heterocycles. The van der Waals surface area contributed by atoms with Crippen LogP contribution in [0.4, 0.5) is 5.69 Å². The Labute approximate surface area is 131 Å². The zero-order valence-electron chi connectivity index (χ0n) is 13.3. The SMILES string of the molecule is C[C@H]([NH2+][C@H]1CCCC[C@H]1C)C(=O)Nc1ccc(C(N)=O)cc1. The van der Waals surface area contributed by atoms with Gasteiger partial charge in [-0.3, -0.25) is 9.59 Å². The Bertz CT molecular complexity index is 527. The van der Waals surface area contributed by atoms with Crippen LogP contribution in [0.15, 0.2) is 24.3 Å². The number of carbonyl (C=O) groups is 2. The van der Waals surface area contributed by atoms with Crippen LogP contribution < -0.4 is 16.4 Å². The monoisotopic (exact) mass is 304 g/mol. The number of carbonyl (C=O) groups excluding carboxylic acids is 2. The fourth-order valence-corrected chi connectivity index (χ4v) is 3.06. The van der Waals surface area contributed by atoms with Crippen LogP contribution in [0.5, 0.6) is 0 Å². The van der Waals surface area contributed by atoms with E-state index >= 15 is 0 Å². The van der Waals surface area contributed by atoms with Gasteiger partial charge in [0.1, 0.15) is 0 Å². The quantitative estimate of drug-likeness (QED) is 0.764. The third kappa shape index (κ3) is 4.31. The van der Waals surface area contributed by atoms with Crippen LogP contribution in [0.3, 0.4) is 0 Å². The Hall–Kier alpha value is -1.88. The number of primary amides is 1. The first kappa shape index (κ1) is 16.5. The lowest BCUT2D eigenvalue weighted by molar-refractivity contribution is -0.714. The maximum atomic E-state index is 12.3. The maximum absolute atomic E-state index is 12.3. The molecule has 0 aromatic heterocycles. The second-order valence-electron chi connectivity index (χ2n) is 6.34. The number of rotatable bonds is 5. The maximum Gasteiger partial charge on any atom is 0.282 e.